The van der Waals surface area contributed by atoms with E-state index in [9.17, 15) is 14.4 Å². The number of amides is 2. The molecule has 0 spiro atoms. The third kappa shape index (κ3) is 5.24. The Bertz CT molecular complexity index is 1070. The van der Waals surface area contributed by atoms with Gasteiger partial charge in [-0.3, -0.25) is 9.59 Å². The van der Waals surface area contributed by atoms with Crippen LogP contribution in [0.25, 0.3) is 0 Å². The lowest BCUT2D eigenvalue weighted by molar-refractivity contribution is 0.0600. The fourth-order valence-corrected chi connectivity index (χ4v) is 2.87. The molecule has 0 aliphatic heterocycles. The van der Waals surface area contributed by atoms with Gasteiger partial charge in [0.25, 0.3) is 11.8 Å². The van der Waals surface area contributed by atoms with Crippen LogP contribution in [-0.4, -0.2) is 24.9 Å². The molecule has 0 bridgehead atoms. The van der Waals surface area contributed by atoms with Crippen molar-refractivity contribution in [1.82, 2.24) is 5.32 Å². The summed E-state index contributed by atoms with van der Waals surface area (Å²) in [7, 11) is 1.28. The van der Waals surface area contributed by atoms with E-state index in [2.05, 4.69) is 15.4 Å². The maximum absolute atomic E-state index is 12.5. The first-order valence-corrected chi connectivity index (χ1v) is 9.47. The van der Waals surface area contributed by atoms with Gasteiger partial charge >= 0.3 is 5.97 Å². The number of carbonyl (C=O) groups is 3. The fourth-order valence-electron chi connectivity index (χ4n) is 2.71. The molecule has 0 radical (unpaired) electrons. The van der Waals surface area contributed by atoms with Gasteiger partial charge in [-0.2, -0.15) is 0 Å². The van der Waals surface area contributed by atoms with Crippen molar-refractivity contribution in [3.05, 3.63) is 100 Å². The molecular weight excluding hydrogens is 404 g/mol. The van der Waals surface area contributed by atoms with E-state index in [1.807, 2.05) is 6.07 Å². The second-order valence-corrected chi connectivity index (χ2v) is 6.79. The zero-order valence-electron chi connectivity index (χ0n) is 16.1. The molecule has 7 heteroatoms. The molecule has 0 aromatic heterocycles. The summed E-state index contributed by atoms with van der Waals surface area (Å²) >= 11 is 6.12. The van der Waals surface area contributed by atoms with E-state index in [0.29, 0.717) is 28.4 Å². The first-order chi connectivity index (χ1) is 14.5. The molecule has 0 saturated carbocycles. The Morgan fingerprint density at radius 1 is 0.833 bits per heavy atom. The Kier molecular flexibility index (Phi) is 6.83. The summed E-state index contributed by atoms with van der Waals surface area (Å²) in [6.07, 6.45) is 0. The summed E-state index contributed by atoms with van der Waals surface area (Å²) in [6, 6.07) is 20.2. The van der Waals surface area contributed by atoms with Crippen LogP contribution in [0.1, 0.15) is 36.6 Å². The Morgan fingerprint density at radius 2 is 1.47 bits per heavy atom. The summed E-state index contributed by atoms with van der Waals surface area (Å²) in [5.41, 5.74) is 2.43. The summed E-state index contributed by atoms with van der Waals surface area (Å²) in [4.78, 5) is 36.3. The lowest BCUT2D eigenvalue weighted by Gasteiger charge is -2.10. The highest BCUT2D eigenvalue weighted by Crippen LogP contribution is 2.24. The number of carbonyl (C=O) groups excluding carboxylic acids is 3. The van der Waals surface area contributed by atoms with Crippen molar-refractivity contribution in [2.75, 3.05) is 12.4 Å². The van der Waals surface area contributed by atoms with Crippen LogP contribution in [0.15, 0.2) is 72.8 Å². The van der Waals surface area contributed by atoms with E-state index in [0.717, 1.165) is 5.56 Å². The van der Waals surface area contributed by atoms with E-state index in [1.54, 1.807) is 48.5 Å². The highest BCUT2D eigenvalue weighted by atomic mass is 35.5. The molecule has 30 heavy (non-hydrogen) atoms. The topological polar surface area (TPSA) is 84.5 Å². The number of methoxy groups -OCH3 is 1. The molecule has 3 rings (SSSR count). The molecule has 2 amide bonds. The van der Waals surface area contributed by atoms with Crippen LogP contribution in [0, 0.1) is 0 Å². The van der Waals surface area contributed by atoms with E-state index in [-0.39, 0.29) is 17.4 Å². The molecule has 3 aromatic carbocycles. The number of hydrogen-bond acceptors (Lipinski definition) is 4. The average molecular weight is 423 g/mol. The molecule has 0 aliphatic carbocycles. The number of nitrogens with one attached hydrogen (secondary N) is 2. The van der Waals surface area contributed by atoms with Crippen LogP contribution < -0.4 is 10.6 Å². The Hall–Kier alpha value is -3.64. The highest BCUT2D eigenvalue weighted by Gasteiger charge is 2.13. The van der Waals surface area contributed by atoms with Gasteiger partial charge in [0, 0.05) is 17.7 Å². The van der Waals surface area contributed by atoms with Crippen molar-refractivity contribution in [3.8, 4) is 0 Å². The predicted molar refractivity (Wildman–Crippen MR) is 115 cm³/mol. The minimum Gasteiger partial charge on any atom is -0.465 e. The molecule has 0 aliphatic rings. The molecule has 6 nitrogen and oxygen atoms in total. The molecule has 2 N–H and O–H groups in total. The van der Waals surface area contributed by atoms with Crippen molar-refractivity contribution in [2.45, 2.75) is 6.54 Å². The molecule has 0 unspecified atom stereocenters. The largest absolute Gasteiger partial charge is 0.465 e. The van der Waals surface area contributed by atoms with Gasteiger partial charge in [-0.1, -0.05) is 41.9 Å². The van der Waals surface area contributed by atoms with Gasteiger partial charge in [-0.25, -0.2) is 4.79 Å². The molecule has 152 valence electrons. The van der Waals surface area contributed by atoms with Crippen molar-refractivity contribution in [1.29, 1.82) is 0 Å². The van der Waals surface area contributed by atoms with Gasteiger partial charge in [0.15, 0.2) is 0 Å². The van der Waals surface area contributed by atoms with Crippen LogP contribution in [-0.2, 0) is 11.3 Å². The summed E-state index contributed by atoms with van der Waals surface area (Å²) < 4.78 is 4.68. The van der Waals surface area contributed by atoms with Gasteiger partial charge in [0.05, 0.1) is 23.4 Å². The molecule has 0 saturated heterocycles. The van der Waals surface area contributed by atoms with Gasteiger partial charge in [0.2, 0.25) is 0 Å². The molecule has 3 aromatic rings. The average Bonchev–Trinajstić information content (AvgIpc) is 2.79. The third-order valence-corrected chi connectivity index (χ3v) is 4.67. The molecule has 0 atom stereocenters. The minimum atomic E-state index is -0.524. The summed E-state index contributed by atoms with van der Waals surface area (Å²) in [6.45, 7) is 0.336. The first-order valence-electron chi connectivity index (χ1n) is 9.09. The Morgan fingerprint density at radius 3 is 2.13 bits per heavy atom. The smallest absolute Gasteiger partial charge is 0.337 e. The second-order valence-electron chi connectivity index (χ2n) is 6.39. The van der Waals surface area contributed by atoms with Crippen molar-refractivity contribution >= 4 is 35.1 Å². The van der Waals surface area contributed by atoms with Crippen LogP contribution in [0.5, 0.6) is 0 Å². The number of halogens is 1. The standard InChI is InChI=1S/C23H19ClN2O4/c1-30-23(29)18-11-12-19(24)20(13-18)26-22(28)17-9-7-15(8-10-17)14-25-21(27)16-5-3-2-4-6-16/h2-13H,14H2,1H3,(H,25,27)(H,26,28). The third-order valence-electron chi connectivity index (χ3n) is 4.34. The highest BCUT2D eigenvalue weighted by molar-refractivity contribution is 6.34. The van der Waals surface area contributed by atoms with Gasteiger partial charge in [-0.15, -0.1) is 0 Å². The zero-order valence-corrected chi connectivity index (χ0v) is 16.9. The SMILES string of the molecule is COC(=O)c1ccc(Cl)c(NC(=O)c2ccc(CNC(=O)c3ccccc3)cc2)c1. The van der Waals surface area contributed by atoms with Crippen LogP contribution >= 0.6 is 11.6 Å². The fraction of sp³-hybridized carbons (Fsp3) is 0.0870. The molecule has 0 heterocycles. The van der Waals surface area contributed by atoms with Crippen LogP contribution in [0.2, 0.25) is 5.02 Å². The van der Waals surface area contributed by atoms with E-state index in [1.165, 1.54) is 25.3 Å². The second kappa shape index (κ2) is 9.71. The predicted octanol–water partition coefficient (Wildman–Crippen LogP) is 4.31. The number of anilines is 1. The van der Waals surface area contributed by atoms with Gasteiger partial charge in [0.1, 0.15) is 0 Å². The van der Waals surface area contributed by atoms with Crippen molar-refractivity contribution < 1.29 is 19.1 Å². The maximum atomic E-state index is 12.5. The van der Waals surface area contributed by atoms with E-state index >= 15 is 0 Å². The number of benzene rings is 3. The first kappa shape index (κ1) is 21.1. The molecule has 0 fully saturated rings. The number of esters is 1. The van der Waals surface area contributed by atoms with Gasteiger partial charge < -0.3 is 15.4 Å². The van der Waals surface area contributed by atoms with Crippen molar-refractivity contribution in [2.24, 2.45) is 0 Å². The Labute approximate surface area is 178 Å². The summed E-state index contributed by atoms with van der Waals surface area (Å²) in [5, 5.41) is 5.82. The Balaban J connectivity index is 1.63. The normalized spacial score (nSPS) is 10.2. The van der Waals surface area contributed by atoms with Gasteiger partial charge in [-0.05, 0) is 48.0 Å². The summed E-state index contributed by atoms with van der Waals surface area (Å²) in [5.74, 6) is -1.07. The van der Waals surface area contributed by atoms with Crippen LogP contribution in [0.4, 0.5) is 5.69 Å². The number of ether oxygens (including phenoxy) is 1. The lowest BCUT2D eigenvalue weighted by Crippen LogP contribution is -2.22. The lowest BCUT2D eigenvalue weighted by atomic mass is 10.1. The van der Waals surface area contributed by atoms with E-state index in [4.69, 9.17) is 11.6 Å². The number of hydrogen-bond donors (Lipinski definition) is 2. The van der Waals surface area contributed by atoms with Crippen molar-refractivity contribution in [3.63, 3.8) is 0 Å². The van der Waals surface area contributed by atoms with E-state index < -0.39 is 5.97 Å². The quantitative estimate of drug-likeness (QED) is 0.580. The molecular formula is C23H19ClN2O4. The number of rotatable bonds is 6. The zero-order chi connectivity index (χ0) is 21.5. The maximum Gasteiger partial charge on any atom is 0.337 e. The minimum absolute atomic E-state index is 0.169. The monoisotopic (exact) mass is 422 g/mol. The van der Waals surface area contributed by atoms with Crippen LogP contribution in [0.3, 0.4) is 0 Å².